The minimum Gasteiger partial charge on any atom is -0.412 e. The lowest BCUT2D eigenvalue weighted by molar-refractivity contribution is -0.118. The predicted octanol–water partition coefficient (Wildman–Crippen LogP) is 2.89. The third kappa shape index (κ3) is 4.88. The van der Waals surface area contributed by atoms with Gasteiger partial charge in [-0.05, 0) is 30.3 Å². The van der Waals surface area contributed by atoms with Crippen LogP contribution in [-0.2, 0) is 9.53 Å². The average molecular weight is 440 g/mol. The maximum atomic E-state index is 13.2. The van der Waals surface area contributed by atoms with Crippen LogP contribution in [0.25, 0.3) is 0 Å². The van der Waals surface area contributed by atoms with E-state index >= 15 is 0 Å². The quantitative estimate of drug-likeness (QED) is 0.795. The summed E-state index contributed by atoms with van der Waals surface area (Å²) in [6, 6.07) is 12.3. The molecule has 1 fully saturated rings. The van der Waals surface area contributed by atoms with Crippen LogP contribution in [-0.4, -0.2) is 55.0 Å². The van der Waals surface area contributed by atoms with Crippen LogP contribution in [0.1, 0.15) is 16.8 Å². The molecule has 3 N–H and O–H groups in total. The van der Waals surface area contributed by atoms with Gasteiger partial charge >= 0.3 is 0 Å². The number of morpholine rings is 1. The molecule has 0 aromatic heterocycles. The molecular weight excluding hydrogens is 417 g/mol. The Balaban J connectivity index is 0.00000150. The van der Waals surface area contributed by atoms with Crippen molar-refractivity contribution >= 4 is 52.9 Å². The minimum absolute atomic E-state index is 0. The fourth-order valence-electron chi connectivity index (χ4n) is 3.44. The first kappa shape index (κ1) is 23.1. The number of halogens is 2. The minimum atomic E-state index is -0.252. The molecule has 29 heavy (non-hydrogen) atoms. The molecule has 156 valence electrons. The first-order chi connectivity index (χ1) is 13.1. The number of nitrogens with one attached hydrogen (secondary N) is 1. The smallest absolute Gasteiger partial charge is 0.257 e. The van der Waals surface area contributed by atoms with E-state index in [4.69, 9.17) is 16.3 Å². The summed E-state index contributed by atoms with van der Waals surface area (Å²) in [6.07, 6.45) is 0.352. The highest BCUT2D eigenvalue weighted by atomic mass is 35.5. The SMILES string of the molecule is Cl.O.O=C1Nc2cc(Cl)ccc2N(C(=O)CCN2CCOCC2)c2ccccc21. The van der Waals surface area contributed by atoms with Crippen LogP contribution in [0.5, 0.6) is 0 Å². The Morgan fingerprint density at radius 3 is 2.59 bits per heavy atom. The van der Waals surface area contributed by atoms with Crippen LogP contribution in [0.15, 0.2) is 42.5 Å². The summed E-state index contributed by atoms with van der Waals surface area (Å²) < 4.78 is 5.36. The van der Waals surface area contributed by atoms with Crippen molar-refractivity contribution in [3.63, 3.8) is 0 Å². The lowest BCUT2D eigenvalue weighted by Gasteiger charge is -2.28. The number of carbonyl (C=O) groups excluding carboxylic acids is 2. The van der Waals surface area contributed by atoms with Gasteiger partial charge in [-0.25, -0.2) is 0 Å². The topological polar surface area (TPSA) is 93.4 Å². The lowest BCUT2D eigenvalue weighted by Crippen LogP contribution is -2.39. The van der Waals surface area contributed by atoms with Gasteiger partial charge in [-0.15, -0.1) is 12.4 Å². The Morgan fingerprint density at radius 2 is 1.83 bits per heavy atom. The molecule has 0 aliphatic carbocycles. The van der Waals surface area contributed by atoms with Gasteiger partial charge in [0.2, 0.25) is 5.91 Å². The highest BCUT2D eigenvalue weighted by Crippen LogP contribution is 2.39. The summed E-state index contributed by atoms with van der Waals surface area (Å²) in [7, 11) is 0. The van der Waals surface area contributed by atoms with Crippen LogP contribution < -0.4 is 10.2 Å². The Hall–Kier alpha value is -2.16. The number of hydrogen-bond acceptors (Lipinski definition) is 4. The zero-order valence-electron chi connectivity index (χ0n) is 15.7. The van der Waals surface area contributed by atoms with Gasteiger partial charge < -0.3 is 15.5 Å². The molecule has 2 aromatic carbocycles. The van der Waals surface area contributed by atoms with E-state index in [1.165, 1.54) is 0 Å². The molecule has 0 unspecified atom stereocenters. The van der Waals surface area contributed by atoms with Crippen LogP contribution in [0.3, 0.4) is 0 Å². The Morgan fingerprint density at radius 1 is 1.10 bits per heavy atom. The molecule has 7 nitrogen and oxygen atoms in total. The zero-order chi connectivity index (χ0) is 18.8. The second-order valence-electron chi connectivity index (χ2n) is 6.57. The highest BCUT2D eigenvalue weighted by molar-refractivity contribution is 6.31. The van der Waals surface area contributed by atoms with E-state index in [1.54, 1.807) is 41.3 Å². The number of rotatable bonds is 3. The molecule has 0 atom stereocenters. The van der Waals surface area contributed by atoms with Crippen molar-refractivity contribution in [2.45, 2.75) is 6.42 Å². The fraction of sp³-hybridized carbons (Fsp3) is 0.300. The van der Waals surface area contributed by atoms with Crippen LogP contribution >= 0.6 is 24.0 Å². The maximum Gasteiger partial charge on any atom is 0.257 e. The van der Waals surface area contributed by atoms with Crippen molar-refractivity contribution in [2.24, 2.45) is 0 Å². The summed E-state index contributed by atoms with van der Waals surface area (Å²) in [6.45, 7) is 3.71. The molecule has 0 spiro atoms. The molecule has 2 aliphatic rings. The third-order valence-corrected chi connectivity index (χ3v) is 5.07. The highest BCUT2D eigenvalue weighted by Gasteiger charge is 2.29. The van der Waals surface area contributed by atoms with Crippen molar-refractivity contribution in [1.82, 2.24) is 4.90 Å². The largest absolute Gasteiger partial charge is 0.412 e. The lowest BCUT2D eigenvalue weighted by atomic mass is 10.1. The number of benzene rings is 2. The molecule has 2 heterocycles. The molecule has 2 amide bonds. The van der Waals surface area contributed by atoms with E-state index in [0.717, 1.165) is 13.1 Å². The van der Waals surface area contributed by atoms with Crippen LogP contribution in [0.2, 0.25) is 5.02 Å². The number of para-hydroxylation sites is 1. The van der Waals surface area contributed by atoms with Gasteiger partial charge in [0.1, 0.15) is 0 Å². The summed E-state index contributed by atoms with van der Waals surface area (Å²) in [5, 5.41) is 3.37. The van der Waals surface area contributed by atoms with Crippen molar-refractivity contribution < 1.29 is 19.8 Å². The van der Waals surface area contributed by atoms with Gasteiger partial charge in [0, 0.05) is 31.1 Å². The molecule has 4 rings (SSSR count). The molecule has 2 aromatic rings. The number of carbonyl (C=O) groups is 2. The summed E-state index contributed by atoms with van der Waals surface area (Å²) in [4.78, 5) is 29.7. The first-order valence-corrected chi connectivity index (χ1v) is 9.34. The number of nitrogens with zero attached hydrogens (tertiary/aromatic N) is 2. The molecule has 0 saturated carbocycles. The molecule has 9 heteroatoms. The number of fused-ring (bicyclic) bond motifs is 2. The molecular formula is C20H23Cl2N3O4. The average Bonchev–Trinajstić information content (AvgIpc) is 2.81. The van der Waals surface area contributed by atoms with E-state index < -0.39 is 0 Å². The zero-order valence-corrected chi connectivity index (χ0v) is 17.3. The second kappa shape index (κ2) is 10.0. The first-order valence-electron chi connectivity index (χ1n) is 8.96. The van der Waals surface area contributed by atoms with E-state index in [9.17, 15) is 9.59 Å². The van der Waals surface area contributed by atoms with Gasteiger partial charge in [0.15, 0.2) is 0 Å². The molecule has 2 aliphatic heterocycles. The predicted molar refractivity (Wildman–Crippen MR) is 116 cm³/mol. The Bertz CT molecular complexity index is 888. The Kier molecular flexibility index (Phi) is 8.01. The van der Waals surface area contributed by atoms with Gasteiger partial charge in [0.25, 0.3) is 5.91 Å². The van der Waals surface area contributed by atoms with E-state index in [1.807, 2.05) is 6.07 Å². The van der Waals surface area contributed by atoms with Gasteiger partial charge in [-0.1, -0.05) is 23.7 Å². The molecule has 0 radical (unpaired) electrons. The molecule has 1 saturated heterocycles. The standard InChI is InChI=1S/C20H20ClN3O3.ClH.H2O/c21-14-5-6-18-16(13-14)22-20(26)15-3-1-2-4-17(15)24(18)19(25)7-8-23-9-11-27-12-10-23;;/h1-6,13H,7-12H2,(H,22,26);1H;1H2. The van der Waals surface area contributed by atoms with Crippen LogP contribution in [0, 0.1) is 0 Å². The van der Waals surface area contributed by atoms with E-state index in [2.05, 4.69) is 10.2 Å². The van der Waals surface area contributed by atoms with E-state index in [-0.39, 0.29) is 29.7 Å². The maximum absolute atomic E-state index is 13.2. The Labute approximate surface area is 180 Å². The third-order valence-electron chi connectivity index (χ3n) is 4.83. The summed E-state index contributed by atoms with van der Waals surface area (Å²) in [5.74, 6) is -0.313. The summed E-state index contributed by atoms with van der Waals surface area (Å²) >= 11 is 6.11. The fourth-order valence-corrected chi connectivity index (χ4v) is 3.61. The van der Waals surface area contributed by atoms with Crippen molar-refractivity contribution in [3.8, 4) is 0 Å². The van der Waals surface area contributed by atoms with Crippen molar-refractivity contribution in [3.05, 3.63) is 53.1 Å². The number of hydrogen-bond donors (Lipinski definition) is 1. The van der Waals surface area contributed by atoms with Crippen molar-refractivity contribution in [2.75, 3.05) is 43.1 Å². The van der Waals surface area contributed by atoms with Gasteiger partial charge in [0.05, 0.1) is 35.8 Å². The molecule has 0 bridgehead atoms. The monoisotopic (exact) mass is 439 g/mol. The second-order valence-corrected chi connectivity index (χ2v) is 7.00. The van der Waals surface area contributed by atoms with Gasteiger partial charge in [-0.2, -0.15) is 0 Å². The normalized spacial score (nSPS) is 15.8. The number of ether oxygens (including phenoxy) is 1. The van der Waals surface area contributed by atoms with Crippen molar-refractivity contribution in [1.29, 1.82) is 0 Å². The van der Waals surface area contributed by atoms with Crippen LogP contribution in [0.4, 0.5) is 17.1 Å². The van der Waals surface area contributed by atoms with E-state index in [0.29, 0.717) is 53.8 Å². The summed E-state index contributed by atoms with van der Waals surface area (Å²) in [5.41, 5.74) is 2.21. The van der Waals surface area contributed by atoms with Gasteiger partial charge in [-0.3, -0.25) is 19.4 Å². The number of amides is 2. The number of anilines is 3.